The number of hydrogen-bond donors (Lipinski definition) is 3. The van der Waals surface area contributed by atoms with E-state index in [0.29, 0.717) is 12.2 Å². The predicted molar refractivity (Wildman–Crippen MR) is 46.5 cm³/mol. The van der Waals surface area contributed by atoms with E-state index in [1.807, 2.05) is 0 Å². The molecule has 0 unspecified atom stereocenters. The van der Waals surface area contributed by atoms with Crippen molar-refractivity contribution in [2.45, 2.75) is 13.2 Å². The first-order chi connectivity index (χ1) is 6.15. The third-order valence-electron chi connectivity index (χ3n) is 1.58. The normalized spacial score (nSPS) is 10.5. The molecule has 0 aliphatic carbocycles. The molecule has 0 heterocycles. The molecule has 0 saturated heterocycles. The monoisotopic (exact) mass is 184 g/mol. The highest BCUT2D eigenvalue weighted by atomic mass is 16.5. The van der Waals surface area contributed by atoms with Crippen molar-refractivity contribution in [1.82, 2.24) is 0 Å². The third-order valence-corrected chi connectivity index (χ3v) is 1.58. The van der Waals surface area contributed by atoms with Crippen LogP contribution in [0.4, 0.5) is 0 Å². The first-order valence-corrected chi connectivity index (χ1v) is 3.97. The van der Waals surface area contributed by atoms with Crippen molar-refractivity contribution in [3.63, 3.8) is 0 Å². The van der Waals surface area contributed by atoms with Crippen LogP contribution in [-0.4, -0.2) is 21.9 Å². The molecule has 13 heavy (non-hydrogen) atoms. The first-order valence-electron chi connectivity index (χ1n) is 3.97. The minimum atomic E-state index is -1.54. The van der Waals surface area contributed by atoms with E-state index >= 15 is 0 Å². The maximum atomic E-state index is 9.26. The van der Waals surface area contributed by atoms with Gasteiger partial charge in [-0.3, -0.25) is 0 Å². The van der Waals surface area contributed by atoms with Gasteiger partial charge in [0.15, 0.2) is 17.8 Å². The summed E-state index contributed by atoms with van der Waals surface area (Å²) in [6.07, 6.45) is -1.54. The minimum Gasteiger partial charge on any atom is -0.504 e. The van der Waals surface area contributed by atoms with Crippen LogP contribution in [0.15, 0.2) is 18.2 Å². The molecule has 0 saturated carbocycles. The molecule has 0 atom stereocenters. The standard InChI is InChI=1S/C9H12O4/c1-2-13-8-5-6(9(11)12)3-4-7(8)10/h3-5,9-12H,2H2,1H3. The lowest BCUT2D eigenvalue weighted by Gasteiger charge is -2.09. The Bertz CT molecular complexity index is 283. The quantitative estimate of drug-likeness (QED) is 0.607. The maximum Gasteiger partial charge on any atom is 0.178 e. The van der Waals surface area contributed by atoms with Gasteiger partial charge in [-0.25, -0.2) is 0 Å². The maximum absolute atomic E-state index is 9.26. The van der Waals surface area contributed by atoms with Gasteiger partial charge in [-0.05, 0) is 19.1 Å². The Labute approximate surface area is 76.0 Å². The summed E-state index contributed by atoms with van der Waals surface area (Å²) in [6.45, 7) is 2.19. The van der Waals surface area contributed by atoms with Gasteiger partial charge in [-0.2, -0.15) is 0 Å². The van der Waals surface area contributed by atoms with Crippen LogP contribution in [0.1, 0.15) is 18.8 Å². The Hall–Kier alpha value is -1.26. The van der Waals surface area contributed by atoms with Crippen LogP contribution >= 0.6 is 0 Å². The number of aromatic hydroxyl groups is 1. The topological polar surface area (TPSA) is 69.9 Å². The van der Waals surface area contributed by atoms with E-state index in [9.17, 15) is 5.11 Å². The summed E-state index contributed by atoms with van der Waals surface area (Å²) in [7, 11) is 0. The van der Waals surface area contributed by atoms with Crippen molar-refractivity contribution in [3.8, 4) is 11.5 Å². The van der Waals surface area contributed by atoms with Crippen LogP contribution < -0.4 is 4.74 Å². The van der Waals surface area contributed by atoms with Gasteiger partial charge in [0.2, 0.25) is 0 Å². The van der Waals surface area contributed by atoms with Gasteiger partial charge in [0.25, 0.3) is 0 Å². The Kier molecular flexibility index (Phi) is 3.11. The molecule has 0 aliphatic heterocycles. The van der Waals surface area contributed by atoms with Gasteiger partial charge in [0, 0.05) is 5.56 Å². The van der Waals surface area contributed by atoms with Gasteiger partial charge in [0.05, 0.1) is 6.61 Å². The van der Waals surface area contributed by atoms with Gasteiger partial charge in [-0.1, -0.05) is 6.07 Å². The molecular formula is C9H12O4. The smallest absolute Gasteiger partial charge is 0.178 e. The van der Waals surface area contributed by atoms with Crippen LogP contribution in [0.5, 0.6) is 11.5 Å². The van der Waals surface area contributed by atoms with Crippen LogP contribution in [0.25, 0.3) is 0 Å². The summed E-state index contributed by atoms with van der Waals surface area (Å²) < 4.78 is 5.06. The van der Waals surface area contributed by atoms with Gasteiger partial charge in [-0.15, -0.1) is 0 Å². The van der Waals surface area contributed by atoms with Gasteiger partial charge < -0.3 is 20.1 Å². The van der Waals surface area contributed by atoms with E-state index in [-0.39, 0.29) is 11.5 Å². The zero-order valence-corrected chi connectivity index (χ0v) is 7.27. The summed E-state index contributed by atoms with van der Waals surface area (Å²) >= 11 is 0. The zero-order valence-electron chi connectivity index (χ0n) is 7.27. The summed E-state index contributed by atoms with van der Waals surface area (Å²) in [6, 6.07) is 4.17. The lowest BCUT2D eigenvalue weighted by atomic mass is 10.2. The van der Waals surface area contributed by atoms with E-state index in [1.54, 1.807) is 6.92 Å². The molecule has 0 amide bonds. The van der Waals surface area contributed by atoms with Crippen molar-refractivity contribution < 1.29 is 20.1 Å². The predicted octanol–water partition coefficient (Wildman–Crippen LogP) is 0.774. The zero-order chi connectivity index (χ0) is 9.84. The Morgan fingerprint density at radius 2 is 2.08 bits per heavy atom. The minimum absolute atomic E-state index is 0.00810. The number of rotatable bonds is 3. The molecule has 4 heteroatoms. The number of aliphatic hydroxyl groups excluding tert-OH is 1. The molecule has 0 aliphatic rings. The Balaban J connectivity index is 2.97. The van der Waals surface area contributed by atoms with E-state index in [1.165, 1.54) is 18.2 Å². The van der Waals surface area contributed by atoms with Gasteiger partial charge in [0.1, 0.15) is 0 Å². The van der Waals surface area contributed by atoms with E-state index in [4.69, 9.17) is 14.9 Å². The highest BCUT2D eigenvalue weighted by Gasteiger charge is 2.07. The van der Waals surface area contributed by atoms with Crippen LogP contribution in [0.2, 0.25) is 0 Å². The lowest BCUT2D eigenvalue weighted by molar-refractivity contribution is -0.0426. The average Bonchev–Trinajstić information content (AvgIpc) is 2.08. The molecule has 1 aromatic carbocycles. The molecule has 72 valence electrons. The first kappa shape index (κ1) is 9.83. The number of ether oxygens (including phenoxy) is 1. The van der Waals surface area contributed by atoms with Crippen LogP contribution in [-0.2, 0) is 0 Å². The second-order valence-electron chi connectivity index (χ2n) is 2.53. The lowest BCUT2D eigenvalue weighted by Crippen LogP contribution is -1.97. The third kappa shape index (κ3) is 2.34. The van der Waals surface area contributed by atoms with Crippen molar-refractivity contribution in [1.29, 1.82) is 0 Å². The van der Waals surface area contributed by atoms with Crippen LogP contribution in [0.3, 0.4) is 0 Å². The van der Waals surface area contributed by atoms with Crippen molar-refractivity contribution >= 4 is 0 Å². The number of phenolic OH excluding ortho intramolecular Hbond substituents is 1. The molecular weight excluding hydrogens is 172 g/mol. The Morgan fingerprint density at radius 1 is 1.38 bits per heavy atom. The van der Waals surface area contributed by atoms with Crippen molar-refractivity contribution in [3.05, 3.63) is 23.8 Å². The molecule has 0 aromatic heterocycles. The Morgan fingerprint density at radius 3 is 2.62 bits per heavy atom. The number of benzene rings is 1. The molecule has 0 spiro atoms. The molecule has 1 rings (SSSR count). The average molecular weight is 184 g/mol. The van der Waals surface area contributed by atoms with E-state index in [0.717, 1.165) is 0 Å². The number of phenols is 1. The molecule has 1 aromatic rings. The molecule has 0 fully saturated rings. The number of aliphatic hydroxyl groups is 2. The highest BCUT2D eigenvalue weighted by molar-refractivity contribution is 5.42. The molecule has 4 nitrogen and oxygen atoms in total. The van der Waals surface area contributed by atoms with Crippen LogP contribution in [0, 0.1) is 0 Å². The highest BCUT2D eigenvalue weighted by Crippen LogP contribution is 2.28. The molecule has 3 N–H and O–H groups in total. The van der Waals surface area contributed by atoms with E-state index < -0.39 is 6.29 Å². The van der Waals surface area contributed by atoms with Gasteiger partial charge >= 0.3 is 0 Å². The summed E-state index contributed by atoms with van der Waals surface area (Å²) in [5, 5.41) is 26.9. The second kappa shape index (κ2) is 4.11. The largest absolute Gasteiger partial charge is 0.504 e. The summed E-state index contributed by atoms with van der Waals surface area (Å²) in [5.41, 5.74) is 0.293. The molecule has 0 radical (unpaired) electrons. The summed E-state index contributed by atoms with van der Waals surface area (Å²) in [4.78, 5) is 0. The SMILES string of the molecule is CCOc1cc(C(O)O)ccc1O. The fourth-order valence-corrected chi connectivity index (χ4v) is 0.962. The molecule has 0 bridgehead atoms. The fraction of sp³-hybridized carbons (Fsp3) is 0.333. The summed E-state index contributed by atoms with van der Waals surface area (Å²) in [5.74, 6) is 0.249. The van der Waals surface area contributed by atoms with Crippen molar-refractivity contribution in [2.75, 3.05) is 6.61 Å². The van der Waals surface area contributed by atoms with Crippen molar-refractivity contribution in [2.24, 2.45) is 0 Å². The number of hydrogen-bond acceptors (Lipinski definition) is 4. The second-order valence-corrected chi connectivity index (χ2v) is 2.53. The fourth-order valence-electron chi connectivity index (χ4n) is 0.962. The van der Waals surface area contributed by atoms with E-state index in [2.05, 4.69) is 0 Å².